The van der Waals surface area contributed by atoms with Gasteiger partial charge in [-0.25, -0.2) is 0 Å². The lowest BCUT2D eigenvalue weighted by molar-refractivity contribution is -0.118. The largest absolute Gasteiger partial charge is 0.394 e. The van der Waals surface area contributed by atoms with Gasteiger partial charge in [0.05, 0.1) is 19.7 Å². The highest BCUT2D eigenvalue weighted by atomic mass is 16.3. The second-order valence-electron chi connectivity index (χ2n) is 6.80. The maximum atomic E-state index is 12.9. The zero-order chi connectivity index (χ0) is 17.5. The number of hydrogen-bond donors (Lipinski definition) is 2. The topological polar surface area (TPSA) is 52.6 Å². The Hall–Kier alpha value is -2.17. The molecule has 25 heavy (non-hydrogen) atoms. The van der Waals surface area contributed by atoms with E-state index in [1.165, 1.54) is 0 Å². The number of anilines is 1. The van der Waals surface area contributed by atoms with Crippen LogP contribution in [0, 0.1) is 0 Å². The van der Waals surface area contributed by atoms with E-state index >= 15 is 0 Å². The normalized spacial score (nSPS) is 15.9. The molecule has 2 aromatic rings. The van der Waals surface area contributed by atoms with E-state index in [4.69, 9.17) is 0 Å². The molecule has 0 unspecified atom stereocenters. The molecule has 0 aromatic heterocycles. The number of rotatable bonds is 7. The molecule has 0 radical (unpaired) electrons. The molecule has 1 aliphatic carbocycles. The van der Waals surface area contributed by atoms with Crippen LogP contribution in [0.25, 0.3) is 0 Å². The number of aliphatic hydroxyl groups is 1. The molecule has 0 aliphatic heterocycles. The molecule has 4 heteroatoms. The lowest BCUT2D eigenvalue weighted by Crippen LogP contribution is -2.50. The number of hydrogen-bond acceptors (Lipinski definition) is 3. The van der Waals surface area contributed by atoms with Crippen molar-refractivity contribution < 1.29 is 9.90 Å². The van der Waals surface area contributed by atoms with Crippen molar-refractivity contribution in [2.45, 2.75) is 37.8 Å². The molecule has 0 heterocycles. The van der Waals surface area contributed by atoms with Crippen LogP contribution in [0.1, 0.15) is 31.2 Å². The first-order chi connectivity index (χ1) is 12.2. The fourth-order valence-corrected chi connectivity index (χ4v) is 3.50. The molecular formula is C21H26N2O2. The Morgan fingerprint density at radius 2 is 1.60 bits per heavy atom. The lowest BCUT2D eigenvalue weighted by atomic mass is 9.99. The summed E-state index contributed by atoms with van der Waals surface area (Å²) in [7, 11) is 0. The van der Waals surface area contributed by atoms with E-state index in [2.05, 4.69) is 5.32 Å². The number of carbonyl (C=O) groups excluding carboxylic acids is 1. The Balaban J connectivity index is 1.73. The smallest absolute Gasteiger partial charge is 0.241 e. The average Bonchev–Trinajstić information content (AvgIpc) is 3.15. The van der Waals surface area contributed by atoms with Crippen LogP contribution < -0.4 is 10.2 Å². The van der Waals surface area contributed by atoms with Crippen molar-refractivity contribution in [2.75, 3.05) is 18.1 Å². The van der Waals surface area contributed by atoms with E-state index in [0.29, 0.717) is 6.54 Å². The van der Waals surface area contributed by atoms with Gasteiger partial charge in [-0.3, -0.25) is 4.79 Å². The maximum absolute atomic E-state index is 12.9. The number of aliphatic hydroxyl groups excluding tert-OH is 1. The predicted molar refractivity (Wildman–Crippen MR) is 100 cm³/mol. The van der Waals surface area contributed by atoms with Crippen molar-refractivity contribution in [3.8, 4) is 0 Å². The molecule has 2 N–H and O–H groups in total. The first-order valence-corrected chi connectivity index (χ1v) is 8.98. The summed E-state index contributed by atoms with van der Waals surface area (Å²) in [5.41, 5.74) is 1.70. The minimum absolute atomic E-state index is 0.0229. The van der Waals surface area contributed by atoms with Crippen LogP contribution in [0.4, 0.5) is 5.69 Å². The van der Waals surface area contributed by atoms with Gasteiger partial charge in [0.1, 0.15) is 0 Å². The van der Waals surface area contributed by atoms with Crippen LogP contribution in [0.2, 0.25) is 0 Å². The molecule has 1 aliphatic rings. The van der Waals surface area contributed by atoms with Crippen molar-refractivity contribution in [1.82, 2.24) is 5.32 Å². The van der Waals surface area contributed by atoms with Crippen molar-refractivity contribution >= 4 is 11.6 Å². The van der Waals surface area contributed by atoms with E-state index in [-0.39, 0.29) is 24.6 Å². The van der Waals surface area contributed by atoms with Crippen LogP contribution in [0.5, 0.6) is 0 Å². The number of carbonyl (C=O) groups is 1. The van der Waals surface area contributed by atoms with Gasteiger partial charge in [-0.1, -0.05) is 61.4 Å². The third-order valence-electron chi connectivity index (χ3n) is 5.03. The lowest BCUT2D eigenvalue weighted by Gasteiger charge is -2.30. The Morgan fingerprint density at radius 3 is 2.20 bits per heavy atom. The predicted octanol–water partition coefficient (Wildman–Crippen LogP) is 3.11. The molecule has 0 spiro atoms. The van der Waals surface area contributed by atoms with Gasteiger partial charge >= 0.3 is 0 Å². The van der Waals surface area contributed by atoms with Crippen LogP contribution in [-0.2, 0) is 11.3 Å². The summed E-state index contributed by atoms with van der Waals surface area (Å²) in [5, 5.41) is 13.1. The summed E-state index contributed by atoms with van der Waals surface area (Å²) in [5.74, 6) is 0.0229. The number of nitrogens with one attached hydrogen (secondary N) is 1. The van der Waals surface area contributed by atoms with Gasteiger partial charge in [0.25, 0.3) is 0 Å². The highest BCUT2D eigenvalue weighted by Gasteiger charge is 2.33. The monoisotopic (exact) mass is 338 g/mol. The third kappa shape index (κ3) is 4.47. The minimum Gasteiger partial charge on any atom is -0.394 e. The molecule has 0 atom stereocenters. The highest BCUT2D eigenvalue weighted by Crippen LogP contribution is 2.29. The molecule has 1 fully saturated rings. The molecule has 2 aromatic carbocycles. The van der Waals surface area contributed by atoms with Crippen molar-refractivity contribution in [3.05, 3.63) is 66.2 Å². The van der Waals surface area contributed by atoms with Gasteiger partial charge in [-0.05, 0) is 30.5 Å². The zero-order valence-electron chi connectivity index (χ0n) is 14.5. The van der Waals surface area contributed by atoms with Gasteiger partial charge in [0.2, 0.25) is 5.91 Å². The molecular weight excluding hydrogens is 312 g/mol. The van der Waals surface area contributed by atoms with Gasteiger partial charge < -0.3 is 15.3 Å². The van der Waals surface area contributed by atoms with Gasteiger partial charge in [-0.2, -0.15) is 0 Å². The Bertz CT molecular complexity index is 667. The number of benzene rings is 2. The molecule has 1 saturated carbocycles. The zero-order valence-corrected chi connectivity index (χ0v) is 14.5. The molecule has 0 saturated heterocycles. The van der Waals surface area contributed by atoms with Crippen molar-refractivity contribution in [3.63, 3.8) is 0 Å². The quantitative estimate of drug-likeness (QED) is 0.815. The number of amides is 1. The first kappa shape index (κ1) is 17.6. The number of para-hydroxylation sites is 1. The fourth-order valence-electron chi connectivity index (χ4n) is 3.50. The van der Waals surface area contributed by atoms with E-state index in [9.17, 15) is 9.90 Å². The van der Waals surface area contributed by atoms with Gasteiger partial charge in [-0.15, -0.1) is 0 Å². The standard InChI is InChI=1S/C21H26N2O2/c24-17-21(13-7-8-14-21)22-15-20(25)23(19-11-5-2-6-12-19)16-18-9-3-1-4-10-18/h1-6,9-12,22,24H,7-8,13-17H2. The summed E-state index contributed by atoms with van der Waals surface area (Å²) in [6.45, 7) is 0.865. The summed E-state index contributed by atoms with van der Waals surface area (Å²) in [6.07, 6.45) is 4.07. The number of nitrogens with zero attached hydrogens (tertiary/aromatic N) is 1. The van der Waals surface area contributed by atoms with E-state index < -0.39 is 0 Å². The summed E-state index contributed by atoms with van der Waals surface area (Å²) in [6, 6.07) is 19.8. The molecule has 132 valence electrons. The summed E-state index contributed by atoms with van der Waals surface area (Å²) >= 11 is 0. The van der Waals surface area contributed by atoms with Crippen LogP contribution >= 0.6 is 0 Å². The second-order valence-corrected chi connectivity index (χ2v) is 6.80. The van der Waals surface area contributed by atoms with E-state index in [0.717, 1.165) is 36.9 Å². The molecule has 0 bridgehead atoms. The Morgan fingerprint density at radius 1 is 1.00 bits per heavy atom. The fraction of sp³-hybridized carbons (Fsp3) is 0.381. The summed E-state index contributed by atoms with van der Waals surface area (Å²) in [4.78, 5) is 14.8. The van der Waals surface area contributed by atoms with Crippen LogP contribution in [-0.4, -0.2) is 29.7 Å². The average molecular weight is 338 g/mol. The third-order valence-corrected chi connectivity index (χ3v) is 5.03. The van der Waals surface area contributed by atoms with Gasteiger partial charge in [0, 0.05) is 11.2 Å². The van der Waals surface area contributed by atoms with Crippen molar-refractivity contribution in [1.29, 1.82) is 0 Å². The van der Waals surface area contributed by atoms with Crippen LogP contribution in [0.3, 0.4) is 0 Å². The molecule has 4 nitrogen and oxygen atoms in total. The highest BCUT2D eigenvalue weighted by molar-refractivity contribution is 5.94. The minimum atomic E-state index is -0.287. The SMILES string of the molecule is O=C(CNC1(CO)CCCC1)N(Cc1ccccc1)c1ccccc1. The van der Waals surface area contributed by atoms with E-state index in [1.54, 1.807) is 0 Å². The van der Waals surface area contributed by atoms with Gasteiger partial charge in [0.15, 0.2) is 0 Å². The Labute approximate surface area is 149 Å². The maximum Gasteiger partial charge on any atom is 0.241 e. The second kappa shape index (κ2) is 8.28. The van der Waals surface area contributed by atoms with Crippen molar-refractivity contribution in [2.24, 2.45) is 0 Å². The summed E-state index contributed by atoms with van der Waals surface area (Å²) < 4.78 is 0. The molecule has 3 rings (SSSR count). The Kier molecular flexibility index (Phi) is 5.84. The van der Waals surface area contributed by atoms with Crippen LogP contribution in [0.15, 0.2) is 60.7 Å². The first-order valence-electron chi connectivity index (χ1n) is 8.98. The van der Waals surface area contributed by atoms with E-state index in [1.807, 2.05) is 65.6 Å². The molecule has 1 amide bonds.